The molecule has 1 aliphatic carbocycles. The maximum atomic E-state index is 6.81. The quantitative estimate of drug-likeness (QED) is 0.190. The molecule has 0 atom stereocenters. The van der Waals surface area contributed by atoms with Gasteiger partial charge in [-0.15, -0.1) is 0 Å². The van der Waals surface area contributed by atoms with Crippen LogP contribution in [0.3, 0.4) is 0 Å². The van der Waals surface area contributed by atoms with Crippen molar-refractivity contribution in [2.45, 2.75) is 6.42 Å². The van der Waals surface area contributed by atoms with Gasteiger partial charge >= 0.3 is 0 Å². The standard InChI is InChI=1S/C47H31NO/c1-3-14-31(15-4-1)34-26-27-35(32-16-5-2-6-17-32)29-36(28-34)33-18-13-19-37(30-33)48-42-24-11-9-22-40(42)44-38-20-7-8-21-39(38)45-41-23-10-12-25-43(41)49-47(45)46(44)48/h1-26,28-30H,27H2. The van der Waals surface area contributed by atoms with Crippen LogP contribution in [0.15, 0.2) is 180 Å². The molecule has 2 aromatic heterocycles. The van der Waals surface area contributed by atoms with Gasteiger partial charge in [0.2, 0.25) is 0 Å². The molecule has 49 heavy (non-hydrogen) atoms. The number of para-hydroxylation sites is 2. The molecule has 0 fully saturated rings. The highest BCUT2D eigenvalue weighted by molar-refractivity contribution is 6.35. The first-order valence-electron chi connectivity index (χ1n) is 16.9. The van der Waals surface area contributed by atoms with Gasteiger partial charge in [0.25, 0.3) is 0 Å². The number of aromatic nitrogens is 1. The lowest BCUT2D eigenvalue weighted by molar-refractivity contribution is 0.671. The summed E-state index contributed by atoms with van der Waals surface area (Å²) in [4.78, 5) is 0. The zero-order valence-corrected chi connectivity index (χ0v) is 26.8. The Balaban J connectivity index is 1.26. The smallest absolute Gasteiger partial charge is 0.160 e. The van der Waals surface area contributed by atoms with Gasteiger partial charge in [-0.1, -0.05) is 146 Å². The van der Waals surface area contributed by atoms with Crippen LogP contribution in [0.4, 0.5) is 0 Å². The van der Waals surface area contributed by atoms with Gasteiger partial charge in [-0.3, -0.25) is 0 Å². The van der Waals surface area contributed by atoms with Crippen LogP contribution in [-0.2, 0) is 0 Å². The summed E-state index contributed by atoms with van der Waals surface area (Å²) >= 11 is 0. The first-order valence-corrected chi connectivity index (χ1v) is 16.9. The van der Waals surface area contributed by atoms with Gasteiger partial charge in [-0.05, 0) is 80.9 Å². The molecule has 0 saturated carbocycles. The molecule has 0 bridgehead atoms. The van der Waals surface area contributed by atoms with Crippen LogP contribution in [0.1, 0.15) is 23.1 Å². The molecule has 0 spiro atoms. The first kappa shape index (κ1) is 27.7. The van der Waals surface area contributed by atoms with E-state index in [1.807, 2.05) is 0 Å². The van der Waals surface area contributed by atoms with Crippen molar-refractivity contribution in [2.75, 3.05) is 0 Å². The molecule has 0 amide bonds. The summed E-state index contributed by atoms with van der Waals surface area (Å²) in [5.74, 6) is 0. The molecule has 7 aromatic carbocycles. The maximum Gasteiger partial charge on any atom is 0.160 e. The van der Waals surface area contributed by atoms with Crippen LogP contribution in [0.25, 0.3) is 76.9 Å². The first-order chi connectivity index (χ1) is 24.3. The topological polar surface area (TPSA) is 18.1 Å². The highest BCUT2D eigenvalue weighted by Gasteiger charge is 2.23. The van der Waals surface area contributed by atoms with E-state index in [9.17, 15) is 0 Å². The lowest BCUT2D eigenvalue weighted by Gasteiger charge is -2.13. The van der Waals surface area contributed by atoms with E-state index in [2.05, 4.69) is 181 Å². The van der Waals surface area contributed by atoms with E-state index in [1.165, 1.54) is 60.3 Å². The van der Waals surface area contributed by atoms with Crippen molar-refractivity contribution in [1.29, 1.82) is 0 Å². The summed E-state index contributed by atoms with van der Waals surface area (Å²) in [7, 11) is 0. The van der Waals surface area contributed by atoms with Gasteiger partial charge in [-0.25, -0.2) is 0 Å². The number of allylic oxidation sites excluding steroid dienone is 6. The maximum absolute atomic E-state index is 6.81. The number of furan rings is 1. The van der Waals surface area contributed by atoms with Crippen LogP contribution < -0.4 is 0 Å². The van der Waals surface area contributed by atoms with Crippen molar-refractivity contribution in [3.05, 3.63) is 193 Å². The predicted molar refractivity (Wildman–Crippen MR) is 207 cm³/mol. The largest absolute Gasteiger partial charge is 0.454 e. The lowest BCUT2D eigenvalue weighted by atomic mass is 9.97. The molecule has 1 aliphatic rings. The number of fused-ring (bicyclic) bond motifs is 10. The number of rotatable bonds is 4. The van der Waals surface area contributed by atoms with Crippen LogP contribution in [-0.4, -0.2) is 4.57 Å². The molecule has 9 aromatic rings. The minimum absolute atomic E-state index is 0.859. The highest BCUT2D eigenvalue weighted by Crippen LogP contribution is 2.46. The summed E-state index contributed by atoms with van der Waals surface area (Å²) in [6.07, 6.45) is 7.94. The summed E-state index contributed by atoms with van der Waals surface area (Å²) in [6, 6.07) is 56.4. The average molecular weight is 626 g/mol. The SMILES string of the molecule is C1=C(c2ccccc2)C=C(c2cccc(-n3c4ccccc4c4c5ccccc5c5c6ccccc6oc5c43)c2)C=C(c2ccccc2)C1. The highest BCUT2D eigenvalue weighted by atomic mass is 16.3. The summed E-state index contributed by atoms with van der Waals surface area (Å²) in [6.45, 7) is 0. The molecule has 230 valence electrons. The number of hydrogen-bond donors (Lipinski definition) is 0. The lowest BCUT2D eigenvalue weighted by Crippen LogP contribution is -1.96. The number of nitrogens with zero attached hydrogens (tertiary/aromatic N) is 1. The van der Waals surface area contributed by atoms with Gasteiger partial charge < -0.3 is 8.98 Å². The average Bonchev–Trinajstić information content (AvgIpc) is 3.64. The van der Waals surface area contributed by atoms with E-state index in [-0.39, 0.29) is 0 Å². The van der Waals surface area contributed by atoms with Gasteiger partial charge in [0, 0.05) is 27.2 Å². The Morgan fingerprint density at radius 3 is 1.90 bits per heavy atom. The zero-order chi connectivity index (χ0) is 32.3. The monoisotopic (exact) mass is 625 g/mol. The normalized spacial score (nSPS) is 13.6. The van der Waals surface area contributed by atoms with E-state index in [0.29, 0.717) is 0 Å². The fraction of sp³-hybridized carbons (Fsp3) is 0.0213. The van der Waals surface area contributed by atoms with E-state index in [4.69, 9.17) is 4.42 Å². The molecule has 2 nitrogen and oxygen atoms in total. The Labute approximate surface area is 284 Å². The Hall–Kier alpha value is -6.38. The van der Waals surface area contributed by atoms with Crippen LogP contribution >= 0.6 is 0 Å². The van der Waals surface area contributed by atoms with Crippen LogP contribution in [0.5, 0.6) is 0 Å². The molecule has 0 unspecified atom stereocenters. The summed E-state index contributed by atoms with van der Waals surface area (Å²) < 4.78 is 9.22. The van der Waals surface area contributed by atoms with Crippen molar-refractivity contribution in [3.63, 3.8) is 0 Å². The molecule has 2 heteroatoms. The third-order valence-electron chi connectivity index (χ3n) is 10.0. The number of benzene rings is 7. The molecule has 0 N–H and O–H groups in total. The Kier molecular flexibility index (Phi) is 6.28. The molecule has 10 rings (SSSR count). The van der Waals surface area contributed by atoms with Crippen molar-refractivity contribution >= 4 is 71.2 Å². The van der Waals surface area contributed by atoms with E-state index < -0.39 is 0 Å². The summed E-state index contributed by atoms with van der Waals surface area (Å²) in [5.41, 5.74) is 12.6. The molecule has 0 aliphatic heterocycles. The van der Waals surface area contributed by atoms with Gasteiger partial charge in [-0.2, -0.15) is 0 Å². The van der Waals surface area contributed by atoms with Gasteiger partial charge in [0.15, 0.2) is 5.58 Å². The van der Waals surface area contributed by atoms with Crippen molar-refractivity contribution in [2.24, 2.45) is 0 Å². The van der Waals surface area contributed by atoms with Gasteiger partial charge in [0.05, 0.1) is 11.0 Å². The second-order valence-electron chi connectivity index (χ2n) is 12.8. The van der Waals surface area contributed by atoms with E-state index >= 15 is 0 Å². The van der Waals surface area contributed by atoms with E-state index in [1.54, 1.807) is 0 Å². The molecule has 0 radical (unpaired) electrons. The minimum atomic E-state index is 0.859. The fourth-order valence-corrected chi connectivity index (χ4v) is 7.81. The van der Waals surface area contributed by atoms with Crippen molar-refractivity contribution < 1.29 is 4.42 Å². The van der Waals surface area contributed by atoms with Crippen molar-refractivity contribution in [3.8, 4) is 5.69 Å². The van der Waals surface area contributed by atoms with Crippen molar-refractivity contribution in [1.82, 2.24) is 4.57 Å². The van der Waals surface area contributed by atoms with Crippen LogP contribution in [0.2, 0.25) is 0 Å². The molecule has 2 heterocycles. The minimum Gasteiger partial charge on any atom is -0.454 e. The van der Waals surface area contributed by atoms with Crippen LogP contribution in [0, 0.1) is 0 Å². The molecular formula is C47H31NO. The number of hydrogen-bond acceptors (Lipinski definition) is 1. The second kappa shape index (κ2) is 11.1. The third-order valence-corrected chi connectivity index (χ3v) is 10.0. The third kappa shape index (κ3) is 4.42. The Morgan fingerprint density at radius 2 is 1.10 bits per heavy atom. The zero-order valence-electron chi connectivity index (χ0n) is 26.8. The Morgan fingerprint density at radius 1 is 0.469 bits per heavy atom. The molecular weight excluding hydrogens is 595 g/mol. The summed E-state index contributed by atoms with van der Waals surface area (Å²) in [5, 5.41) is 7.20. The molecule has 0 saturated heterocycles. The van der Waals surface area contributed by atoms with E-state index in [0.717, 1.165) is 39.7 Å². The predicted octanol–water partition coefficient (Wildman–Crippen LogP) is 12.8. The fourth-order valence-electron chi connectivity index (χ4n) is 7.81. The second-order valence-corrected chi connectivity index (χ2v) is 12.8. The van der Waals surface area contributed by atoms with Gasteiger partial charge in [0.1, 0.15) is 5.58 Å². The Bertz CT molecular complexity index is 2830.